The standard InChI is InChI=1S/C13H15N9/c1-2-16-12(17-3-1)21-6-8-22(9-7-21)13-18-11(19-20-13)10-14-4-5-15-10/h1-5H,6-9H2,(H,14,15)(H,18,19,20). The molecular weight excluding hydrogens is 282 g/mol. The molecule has 0 aliphatic carbocycles. The number of aromatic amines is 2. The third-order valence-corrected chi connectivity index (χ3v) is 3.59. The van der Waals surface area contributed by atoms with E-state index in [1.54, 1.807) is 24.8 Å². The van der Waals surface area contributed by atoms with Crippen LogP contribution < -0.4 is 9.80 Å². The highest BCUT2D eigenvalue weighted by Crippen LogP contribution is 2.16. The molecule has 0 radical (unpaired) electrons. The van der Waals surface area contributed by atoms with Crippen molar-refractivity contribution in [2.45, 2.75) is 0 Å². The third kappa shape index (κ3) is 2.36. The van der Waals surface area contributed by atoms with Crippen molar-refractivity contribution in [3.8, 4) is 11.6 Å². The summed E-state index contributed by atoms with van der Waals surface area (Å²) in [4.78, 5) is 24.5. The number of aromatic nitrogens is 7. The van der Waals surface area contributed by atoms with E-state index in [0.29, 0.717) is 17.6 Å². The van der Waals surface area contributed by atoms with Crippen LogP contribution in [0.5, 0.6) is 0 Å². The van der Waals surface area contributed by atoms with Gasteiger partial charge in [0.05, 0.1) is 0 Å². The van der Waals surface area contributed by atoms with Crippen LogP contribution in [0.3, 0.4) is 0 Å². The maximum Gasteiger partial charge on any atom is 0.245 e. The van der Waals surface area contributed by atoms with Gasteiger partial charge in [0, 0.05) is 51.0 Å². The van der Waals surface area contributed by atoms with Gasteiger partial charge in [-0.2, -0.15) is 4.98 Å². The number of imidazole rings is 1. The van der Waals surface area contributed by atoms with Crippen LogP contribution in [-0.4, -0.2) is 61.3 Å². The highest BCUT2D eigenvalue weighted by Gasteiger charge is 2.22. The molecule has 112 valence electrons. The molecule has 9 nitrogen and oxygen atoms in total. The van der Waals surface area contributed by atoms with E-state index in [2.05, 4.69) is 44.9 Å². The van der Waals surface area contributed by atoms with Crippen LogP contribution >= 0.6 is 0 Å². The van der Waals surface area contributed by atoms with E-state index < -0.39 is 0 Å². The first kappa shape index (κ1) is 12.7. The summed E-state index contributed by atoms with van der Waals surface area (Å²) in [5, 5.41) is 7.19. The van der Waals surface area contributed by atoms with E-state index >= 15 is 0 Å². The summed E-state index contributed by atoms with van der Waals surface area (Å²) in [7, 11) is 0. The van der Waals surface area contributed by atoms with Gasteiger partial charge in [-0.3, -0.25) is 5.10 Å². The van der Waals surface area contributed by atoms with Crippen LogP contribution in [0, 0.1) is 0 Å². The Morgan fingerprint density at radius 2 is 1.55 bits per heavy atom. The lowest BCUT2D eigenvalue weighted by molar-refractivity contribution is 0.629. The molecule has 4 rings (SSSR count). The molecule has 1 aliphatic rings. The van der Waals surface area contributed by atoms with Gasteiger partial charge >= 0.3 is 0 Å². The number of nitrogens with one attached hydrogen (secondary N) is 2. The molecule has 4 heterocycles. The molecule has 9 heteroatoms. The van der Waals surface area contributed by atoms with Crippen LogP contribution in [0.2, 0.25) is 0 Å². The molecule has 0 saturated carbocycles. The number of hydrogen-bond donors (Lipinski definition) is 2. The zero-order valence-corrected chi connectivity index (χ0v) is 11.8. The lowest BCUT2D eigenvalue weighted by Crippen LogP contribution is -2.47. The Labute approximate surface area is 126 Å². The van der Waals surface area contributed by atoms with Gasteiger partial charge in [0.25, 0.3) is 0 Å². The Morgan fingerprint density at radius 1 is 0.818 bits per heavy atom. The highest BCUT2D eigenvalue weighted by molar-refractivity contribution is 5.47. The summed E-state index contributed by atoms with van der Waals surface area (Å²) < 4.78 is 0. The first-order chi connectivity index (χ1) is 10.9. The number of nitrogens with zero attached hydrogens (tertiary/aromatic N) is 7. The smallest absolute Gasteiger partial charge is 0.245 e. The Bertz CT molecular complexity index is 713. The van der Waals surface area contributed by atoms with Gasteiger partial charge in [0.15, 0.2) is 11.6 Å². The third-order valence-electron chi connectivity index (χ3n) is 3.59. The number of rotatable bonds is 3. The topological polar surface area (TPSA) is 103 Å². The Morgan fingerprint density at radius 3 is 2.23 bits per heavy atom. The lowest BCUT2D eigenvalue weighted by atomic mass is 10.3. The molecule has 0 spiro atoms. The summed E-state index contributed by atoms with van der Waals surface area (Å²) in [5.41, 5.74) is 0. The molecule has 1 fully saturated rings. The minimum absolute atomic E-state index is 0.647. The maximum atomic E-state index is 4.49. The summed E-state index contributed by atoms with van der Waals surface area (Å²) in [5.74, 6) is 2.80. The van der Waals surface area contributed by atoms with E-state index in [4.69, 9.17) is 0 Å². The molecule has 0 atom stereocenters. The second-order valence-corrected chi connectivity index (χ2v) is 4.94. The molecule has 2 N–H and O–H groups in total. The second kappa shape index (κ2) is 5.43. The molecule has 1 saturated heterocycles. The molecule has 0 aromatic carbocycles. The van der Waals surface area contributed by atoms with Crippen molar-refractivity contribution in [3.05, 3.63) is 30.9 Å². The zero-order chi connectivity index (χ0) is 14.8. The van der Waals surface area contributed by atoms with E-state index in [1.165, 1.54) is 0 Å². The molecule has 1 aliphatic heterocycles. The molecule has 0 bridgehead atoms. The summed E-state index contributed by atoms with van der Waals surface area (Å²) in [6, 6.07) is 1.82. The Balaban J connectivity index is 1.44. The Kier molecular flexibility index (Phi) is 3.15. The first-order valence-corrected chi connectivity index (χ1v) is 7.09. The van der Waals surface area contributed by atoms with Crippen molar-refractivity contribution in [2.75, 3.05) is 36.0 Å². The van der Waals surface area contributed by atoms with Gasteiger partial charge in [0.2, 0.25) is 11.9 Å². The lowest BCUT2D eigenvalue weighted by Gasteiger charge is -2.33. The van der Waals surface area contributed by atoms with Crippen LogP contribution in [0.15, 0.2) is 30.9 Å². The fourth-order valence-electron chi connectivity index (χ4n) is 2.46. The van der Waals surface area contributed by atoms with E-state index in [1.807, 2.05) is 6.07 Å². The maximum absolute atomic E-state index is 4.49. The molecular formula is C13H15N9. The monoisotopic (exact) mass is 297 g/mol. The predicted octanol–water partition coefficient (Wildman–Crippen LogP) is 0.311. The van der Waals surface area contributed by atoms with Crippen LogP contribution in [-0.2, 0) is 0 Å². The second-order valence-electron chi connectivity index (χ2n) is 4.94. The fourth-order valence-corrected chi connectivity index (χ4v) is 2.46. The van der Waals surface area contributed by atoms with Crippen molar-refractivity contribution in [1.82, 2.24) is 35.1 Å². The average molecular weight is 297 g/mol. The van der Waals surface area contributed by atoms with Gasteiger partial charge in [-0.05, 0) is 6.07 Å². The van der Waals surface area contributed by atoms with E-state index in [0.717, 1.165) is 32.1 Å². The van der Waals surface area contributed by atoms with Gasteiger partial charge in [-0.15, -0.1) is 5.10 Å². The largest absolute Gasteiger partial charge is 0.342 e. The molecule has 3 aromatic rings. The number of H-pyrrole nitrogens is 2. The van der Waals surface area contributed by atoms with Crippen molar-refractivity contribution in [3.63, 3.8) is 0 Å². The van der Waals surface area contributed by atoms with Crippen molar-refractivity contribution >= 4 is 11.9 Å². The van der Waals surface area contributed by atoms with Crippen LogP contribution in [0.1, 0.15) is 0 Å². The average Bonchev–Trinajstić information content (AvgIpc) is 3.27. The quantitative estimate of drug-likeness (QED) is 0.717. The van der Waals surface area contributed by atoms with Gasteiger partial charge in [-0.25, -0.2) is 15.0 Å². The van der Waals surface area contributed by atoms with E-state index in [9.17, 15) is 0 Å². The molecule has 3 aromatic heterocycles. The van der Waals surface area contributed by atoms with E-state index in [-0.39, 0.29) is 0 Å². The van der Waals surface area contributed by atoms with Gasteiger partial charge in [0.1, 0.15) is 0 Å². The molecule has 0 amide bonds. The molecule has 22 heavy (non-hydrogen) atoms. The summed E-state index contributed by atoms with van der Waals surface area (Å²) in [6.07, 6.45) is 6.98. The first-order valence-electron chi connectivity index (χ1n) is 7.09. The molecule has 0 unspecified atom stereocenters. The minimum atomic E-state index is 0.647. The number of piperazine rings is 1. The minimum Gasteiger partial charge on any atom is -0.342 e. The van der Waals surface area contributed by atoms with Crippen molar-refractivity contribution in [2.24, 2.45) is 0 Å². The highest BCUT2D eigenvalue weighted by atomic mass is 15.4. The SMILES string of the molecule is c1cnc(N2CCN(c3n[nH]c(-c4ncc[nH]4)n3)CC2)nc1. The van der Waals surface area contributed by atoms with Crippen LogP contribution in [0.25, 0.3) is 11.6 Å². The Hall–Kier alpha value is -2.97. The van der Waals surface area contributed by atoms with Gasteiger partial charge in [-0.1, -0.05) is 0 Å². The summed E-state index contributed by atoms with van der Waals surface area (Å²) >= 11 is 0. The number of anilines is 2. The zero-order valence-electron chi connectivity index (χ0n) is 11.8. The predicted molar refractivity (Wildman–Crippen MR) is 80.4 cm³/mol. The normalized spacial score (nSPS) is 15.3. The fraction of sp³-hybridized carbons (Fsp3) is 0.308. The van der Waals surface area contributed by atoms with Crippen molar-refractivity contribution < 1.29 is 0 Å². The number of hydrogen-bond acceptors (Lipinski definition) is 7. The summed E-state index contributed by atoms with van der Waals surface area (Å²) in [6.45, 7) is 3.34. The van der Waals surface area contributed by atoms with Gasteiger partial charge < -0.3 is 14.8 Å². The van der Waals surface area contributed by atoms with Crippen molar-refractivity contribution in [1.29, 1.82) is 0 Å². The van der Waals surface area contributed by atoms with Crippen LogP contribution in [0.4, 0.5) is 11.9 Å².